The first-order valence-corrected chi connectivity index (χ1v) is 8.11. The minimum atomic E-state index is 0.113. The number of anilines is 1. The van der Waals surface area contributed by atoms with Crippen molar-refractivity contribution in [2.24, 2.45) is 0 Å². The molecule has 0 aliphatic carbocycles. The second-order valence-electron chi connectivity index (χ2n) is 5.61. The highest BCUT2D eigenvalue weighted by Crippen LogP contribution is 2.25. The minimum absolute atomic E-state index is 0.113. The van der Waals surface area contributed by atoms with E-state index < -0.39 is 0 Å². The molecule has 0 bridgehead atoms. The van der Waals surface area contributed by atoms with Crippen molar-refractivity contribution in [2.75, 3.05) is 32.1 Å². The number of carbonyl (C=O) groups is 1. The van der Waals surface area contributed by atoms with Crippen LogP contribution >= 0.6 is 15.9 Å². The number of amides is 1. The van der Waals surface area contributed by atoms with E-state index >= 15 is 0 Å². The summed E-state index contributed by atoms with van der Waals surface area (Å²) in [7, 11) is 3.58. The van der Waals surface area contributed by atoms with Crippen LogP contribution < -0.4 is 10.2 Å². The van der Waals surface area contributed by atoms with Crippen LogP contribution in [0.3, 0.4) is 0 Å². The van der Waals surface area contributed by atoms with Crippen LogP contribution in [0.15, 0.2) is 22.7 Å². The van der Waals surface area contributed by atoms with Crippen molar-refractivity contribution in [3.63, 3.8) is 0 Å². The summed E-state index contributed by atoms with van der Waals surface area (Å²) in [6, 6.07) is 6.65. The Labute approximate surface area is 136 Å². The quantitative estimate of drug-likeness (QED) is 0.816. The molecule has 0 saturated carbocycles. The third kappa shape index (κ3) is 5.67. The Morgan fingerprint density at radius 1 is 1.33 bits per heavy atom. The van der Waals surface area contributed by atoms with E-state index in [0.29, 0.717) is 12.6 Å². The predicted molar refractivity (Wildman–Crippen MR) is 92.7 cm³/mol. The molecule has 1 rings (SSSR count). The van der Waals surface area contributed by atoms with Crippen molar-refractivity contribution >= 4 is 27.5 Å². The summed E-state index contributed by atoms with van der Waals surface area (Å²) >= 11 is 3.53. The van der Waals surface area contributed by atoms with Crippen LogP contribution in [0, 0.1) is 0 Å². The first-order chi connectivity index (χ1) is 9.85. The van der Waals surface area contributed by atoms with Crippen LogP contribution in [-0.4, -0.2) is 44.0 Å². The molecule has 4 nitrogen and oxygen atoms in total. The van der Waals surface area contributed by atoms with Gasteiger partial charge in [-0.2, -0.15) is 0 Å². The number of nitrogens with one attached hydrogen (secondary N) is 1. The number of hydrogen-bond donors (Lipinski definition) is 1. The monoisotopic (exact) mass is 355 g/mol. The van der Waals surface area contributed by atoms with E-state index in [1.165, 1.54) is 5.56 Å². The summed E-state index contributed by atoms with van der Waals surface area (Å²) in [5, 5.41) is 3.44. The van der Waals surface area contributed by atoms with E-state index in [4.69, 9.17) is 0 Å². The molecule has 0 aliphatic rings. The maximum atomic E-state index is 12.0. The molecule has 0 fully saturated rings. The lowest BCUT2D eigenvalue weighted by molar-refractivity contribution is -0.127. The van der Waals surface area contributed by atoms with Gasteiger partial charge >= 0.3 is 0 Å². The van der Waals surface area contributed by atoms with E-state index in [1.807, 2.05) is 6.07 Å². The molecule has 0 spiro atoms. The largest absolute Gasteiger partial charge is 0.362 e. The standard InChI is InChI=1S/C16H26BrN3O/c1-6-20(11-16(21)19(4)5)15-8-7-14(17)9-13(15)10-18-12(2)3/h7-9,12,18H,6,10-11H2,1-5H3. The molecule has 21 heavy (non-hydrogen) atoms. The van der Waals surface area contributed by atoms with Crippen molar-refractivity contribution < 1.29 is 4.79 Å². The number of hydrogen-bond acceptors (Lipinski definition) is 3. The fourth-order valence-corrected chi connectivity index (χ4v) is 2.40. The van der Waals surface area contributed by atoms with Crippen LogP contribution in [0.4, 0.5) is 5.69 Å². The number of nitrogens with zero attached hydrogens (tertiary/aromatic N) is 2. The third-order valence-electron chi connectivity index (χ3n) is 3.29. The van der Waals surface area contributed by atoms with Gasteiger partial charge in [-0.15, -0.1) is 0 Å². The van der Waals surface area contributed by atoms with E-state index in [9.17, 15) is 4.79 Å². The number of rotatable bonds is 7. The molecular weight excluding hydrogens is 330 g/mol. The highest BCUT2D eigenvalue weighted by molar-refractivity contribution is 9.10. The van der Waals surface area contributed by atoms with E-state index in [1.54, 1.807) is 19.0 Å². The molecule has 0 heterocycles. The number of benzene rings is 1. The first-order valence-electron chi connectivity index (χ1n) is 7.32. The van der Waals surface area contributed by atoms with Gasteiger partial charge in [0.05, 0.1) is 6.54 Å². The second kappa shape index (κ2) is 8.39. The molecule has 0 saturated heterocycles. The maximum Gasteiger partial charge on any atom is 0.241 e. The summed E-state index contributed by atoms with van der Waals surface area (Å²) in [6.45, 7) is 8.33. The van der Waals surface area contributed by atoms with Gasteiger partial charge in [-0.25, -0.2) is 0 Å². The number of likely N-dealkylation sites (N-methyl/N-ethyl adjacent to an activating group) is 2. The summed E-state index contributed by atoms with van der Waals surface area (Å²) in [6.07, 6.45) is 0. The molecule has 0 atom stereocenters. The lowest BCUT2D eigenvalue weighted by atomic mass is 10.1. The molecule has 0 radical (unpaired) electrons. The van der Waals surface area contributed by atoms with Gasteiger partial charge in [0.2, 0.25) is 5.91 Å². The van der Waals surface area contributed by atoms with Crippen LogP contribution in [0.5, 0.6) is 0 Å². The molecular formula is C16H26BrN3O. The van der Waals surface area contributed by atoms with E-state index in [-0.39, 0.29) is 5.91 Å². The van der Waals surface area contributed by atoms with Gasteiger partial charge in [0, 0.05) is 43.4 Å². The average molecular weight is 356 g/mol. The van der Waals surface area contributed by atoms with Crippen molar-refractivity contribution in [1.82, 2.24) is 10.2 Å². The topological polar surface area (TPSA) is 35.6 Å². The SMILES string of the molecule is CCN(CC(=O)N(C)C)c1ccc(Br)cc1CNC(C)C. The lowest BCUT2D eigenvalue weighted by Crippen LogP contribution is -2.37. The van der Waals surface area contributed by atoms with Crippen LogP contribution in [0.25, 0.3) is 0 Å². The van der Waals surface area contributed by atoms with Gasteiger partial charge in [0.1, 0.15) is 0 Å². The van der Waals surface area contributed by atoms with Crippen molar-refractivity contribution in [3.8, 4) is 0 Å². The van der Waals surface area contributed by atoms with Crippen LogP contribution in [0.2, 0.25) is 0 Å². The zero-order valence-corrected chi connectivity index (χ0v) is 15.2. The lowest BCUT2D eigenvalue weighted by Gasteiger charge is -2.27. The summed E-state index contributed by atoms with van der Waals surface area (Å²) in [5.41, 5.74) is 2.32. The molecule has 0 aromatic heterocycles. The van der Waals surface area contributed by atoms with Gasteiger partial charge in [0.15, 0.2) is 0 Å². The predicted octanol–water partition coefficient (Wildman–Crippen LogP) is 2.86. The van der Waals surface area contributed by atoms with Gasteiger partial charge in [-0.1, -0.05) is 29.8 Å². The molecule has 0 aliphatic heterocycles. The molecule has 1 amide bonds. The first kappa shape index (κ1) is 18.0. The van der Waals surface area contributed by atoms with Crippen molar-refractivity contribution in [1.29, 1.82) is 0 Å². The zero-order chi connectivity index (χ0) is 16.0. The highest BCUT2D eigenvalue weighted by Gasteiger charge is 2.15. The number of halogens is 1. The molecule has 5 heteroatoms. The van der Waals surface area contributed by atoms with Gasteiger partial charge in [-0.3, -0.25) is 4.79 Å². The Morgan fingerprint density at radius 3 is 2.52 bits per heavy atom. The minimum Gasteiger partial charge on any atom is -0.362 e. The Bertz CT molecular complexity index is 475. The normalized spacial score (nSPS) is 10.8. The second-order valence-corrected chi connectivity index (χ2v) is 6.53. The molecule has 1 N–H and O–H groups in total. The fraction of sp³-hybridized carbons (Fsp3) is 0.562. The van der Waals surface area contributed by atoms with Crippen LogP contribution in [0.1, 0.15) is 26.3 Å². The Balaban J connectivity index is 2.99. The van der Waals surface area contributed by atoms with Crippen molar-refractivity contribution in [2.45, 2.75) is 33.4 Å². The van der Waals surface area contributed by atoms with Gasteiger partial charge in [-0.05, 0) is 30.7 Å². The molecule has 0 unspecified atom stereocenters. The smallest absolute Gasteiger partial charge is 0.241 e. The molecule has 1 aromatic carbocycles. The Morgan fingerprint density at radius 2 is 2.00 bits per heavy atom. The summed E-state index contributed by atoms with van der Waals surface area (Å²) in [5.74, 6) is 0.113. The summed E-state index contributed by atoms with van der Waals surface area (Å²) < 4.78 is 1.06. The van der Waals surface area contributed by atoms with Crippen LogP contribution in [-0.2, 0) is 11.3 Å². The number of carbonyl (C=O) groups excluding carboxylic acids is 1. The average Bonchev–Trinajstić information content (AvgIpc) is 2.42. The summed E-state index contributed by atoms with van der Waals surface area (Å²) in [4.78, 5) is 15.7. The van der Waals surface area contributed by atoms with E-state index in [0.717, 1.165) is 23.2 Å². The Hall–Kier alpha value is -1.07. The van der Waals surface area contributed by atoms with Crippen molar-refractivity contribution in [3.05, 3.63) is 28.2 Å². The highest BCUT2D eigenvalue weighted by atomic mass is 79.9. The third-order valence-corrected chi connectivity index (χ3v) is 3.78. The fourth-order valence-electron chi connectivity index (χ4n) is 1.99. The van der Waals surface area contributed by atoms with Gasteiger partial charge < -0.3 is 15.1 Å². The molecule has 1 aromatic rings. The molecule has 118 valence electrons. The van der Waals surface area contributed by atoms with E-state index in [2.05, 4.69) is 59.1 Å². The Kier molecular flexibility index (Phi) is 7.18. The maximum absolute atomic E-state index is 12.0. The zero-order valence-electron chi connectivity index (χ0n) is 13.6. The van der Waals surface area contributed by atoms with Gasteiger partial charge in [0.25, 0.3) is 0 Å².